The summed E-state index contributed by atoms with van der Waals surface area (Å²) in [6.07, 6.45) is 7.93. The quantitative estimate of drug-likeness (QED) is 0.814. The van der Waals surface area contributed by atoms with Gasteiger partial charge in [0.15, 0.2) is 0 Å². The second kappa shape index (κ2) is 8.51. The van der Waals surface area contributed by atoms with Crippen molar-refractivity contribution in [2.75, 3.05) is 18.4 Å². The molecule has 124 valence electrons. The Morgan fingerprint density at radius 1 is 1.17 bits per heavy atom. The molecule has 0 radical (unpaired) electrons. The van der Waals surface area contributed by atoms with Gasteiger partial charge >= 0.3 is 0 Å². The molecule has 1 aliphatic carbocycles. The van der Waals surface area contributed by atoms with Crippen molar-refractivity contribution in [3.05, 3.63) is 41.5 Å². The van der Waals surface area contributed by atoms with E-state index in [4.69, 9.17) is 0 Å². The Labute approximate surface area is 138 Å². The summed E-state index contributed by atoms with van der Waals surface area (Å²) in [6, 6.07) is 7.65. The maximum atomic E-state index is 12.1. The van der Waals surface area contributed by atoms with E-state index in [0.717, 1.165) is 30.5 Å². The minimum atomic E-state index is -0.151. The van der Waals surface area contributed by atoms with Crippen molar-refractivity contribution in [1.29, 1.82) is 0 Å². The third-order valence-corrected chi connectivity index (χ3v) is 4.20. The highest BCUT2D eigenvalue weighted by molar-refractivity contribution is 5.94. The van der Waals surface area contributed by atoms with Crippen molar-refractivity contribution in [3.8, 4) is 0 Å². The Bertz CT molecular complexity index is 576. The SMILES string of the molecule is CC(=O)N(CCC1=CCCCC1)CC(=O)Nc1ccc(C)cc1. The van der Waals surface area contributed by atoms with Crippen molar-refractivity contribution in [2.45, 2.75) is 46.0 Å². The van der Waals surface area contributed by atoms with E-state index < -0.39 is 0 Å². The molecule has 4 nitrogen and oxygen atoms in total. The van der Waals surface area contributed by atoms with Gasteiger partial charge in [-0.2, -0.15) is 0 Å². The molecule has 0 spiro atoms. The molecule has 0 aromatic heterocycles. The van der Waals surface area contributed by atoms with Crippen molar-refractivity contribution in [1.82, 2.24) is 4.90 Å². The van der Waals surface area contributed by atoms with Gasteiger partial charge in [-0.3, -0.25) is 9.59 Å². The van der Waals surface area contributed by atoms with Crippen molar-refractivity contribution < 1.29 is 9.59 Å². The van der Waals surface area contributed by atoms with E-state index >= 15 is 0 Å². The number of aryl methyl sites for hydroxylation is 1. The summed E-state index contributed by atoms with van der Waals surface area (Å²) >= 11 is 0. The molecule has 0 saturated carbocycles. The Kier molecular flexibility index (Phi) is 6.39. The molecule has 0 fully saturated rings. The van der Waals surface area contributed by atoms with Crippen LogP contribution in [0.15, 0.2) is 35.9 Å². The zero-order valence-electron chi connectivity index (χ0n) is 14.1. The fourth-order valence-electron chi connectivity index (χ4n) is 2.77. The third-order valence-electron chi connectivity index (χ3n) is 4.20. The number of carbonyl (C=O) groups excluding carboxylic acids is 2. The number of hydrogen-bond donors (Lipinski definition) is 1. The molecule has 0 bridgehead atoms. The summed E-state index contributed by atoms with van der Waals surface area (Å²) in [4.78, 5) is 25.5. The monoisotopic (exact) mass is 314 g/mol. The first-order valence-corrected chi connectivity index (χ1v) is 8.34. The van der Waals surface area contributed by atoms with Crippen LogP contribution in [0.4, 0.5) is 5.69 Å². The highest BCUT2D eigenvalue weighted by atomic mass is 16.2. The van der Waals surface area contributed by atoms with Crippen LogP contribution < -0.4 is 5.32 Å². The first kappa shape index (κ1) is 17.3. The largest absolute Gasteiger partial charge is 0.333 e. The molecule has 1 aliphatic rings. The summed E-state index contributed by atoms with van der Waals surface area (Å²) in [5.74, 6) is -0.206. The molecule has 0 heterocycles. The highest BCUT2D eigenvalue weighted by Crippen LogP contribution is 2.20. The zero-order chi connectivity index (χ0) is 16.7. The van der Waals surface area contributed by atoms with Crippen molar-refractivity contribution in [3.63, 3.8) is 0 Å². The van der Waals surface area contributed by atoms with Crippen LogP contribution in [0.25, 0.3) is 0 Å². The fourth-order valence-corrected chi connectivity index (χ4v) is 2.77. The lowest BCUT2D eigenvalue weighted by atomic mass is 9.97. The van der Waals surface area contributed by atoms with Crippen molar-refractivity contribution >= 4 is 17.5 Å². The molecule has 0 unspecified atom stereocenters. The van der Waals surface area contributed by atoms with Gasteiger partial charge in [0.05, 0.1) is 6.54 Å². The molecule has 0 atom stereocenters. The zero-order valence-corrected chi connectivity index (χ0v) is 14.1. The number of nitrogens with zero attached hydrogens (tertiary/aromatic N) is 1. The molecule has 23 heavy (non-hydrogen) atoms. The van der Waals surface area contributed by atoms with E-state index in [2.05, 4.69) is 11.4 Å². The van der Waals surface area contributed by atoms with Crippen LogP contribution in [-0.2, 0) is 9.59 Å². The topological polar surface area (TPSA) is 49.4 Å². The maximum absolute atomic E-state index is 12.1. The van der Waals surface area contributed by atoms with Crippen LogP contribution in [0.5, 0.6) is 0 Å². The van der Waals surface area contributed by atoms with Gasteiger partial charge in [0.1, 0.15) is 0 Å². The lowest BCUT2D eigenvalue weighted by molar-refractivity contribution is -0.132. The fraction of sp³-hybridized carbons (Fsp3) is 0.474. The first-order valence-electron chi connectivity index (χ1n) is 8.34. The van der Waals surface area contributed by atoms with E-state index in [0.29, 0.717) is 6.54 Å². The third kappa shape index (κ3) is 5.89. The van der Waals surface area contributed by atoms with Gasteiger partial charge in [-0.15, -0.1) is 0 Å². The molecule has 2 amide bonds. The normalized spacial score (nSPS) is 14.1. The number of nitrogens with one attached hydrogen (secondary N) is 1. The molecule has 1 aromatic rings. The molecule has 2 rings (SSSR count). The van der Waals surface area contributed by atoms with Crippen LogP contribution in [0, 0.1) is 6.92 Å². The smallest absolute Gasteiger partial charge is 0.243 e. The van der Waals surface area contributed by atoms with Gasteiger partial charge in [-0.25, -0.2) is 0 Å². The first-order chi connectivity index (χ1) is 11.0. The van der Waals surface area contributed by atoms with Crippen LogP contribution >= 0.6 is 0 Å². The second-order valence-electron chi connectivity index (χ2n) is 6.21. The van der Waals surface area contributed by atoms with Gasteiger partial charge in [-0.1, -0.05) is 29.3 Å². The van der Waals surface area contributed by atoms with E-state index in [9.17, 15) is 9.59 Å². The van der Waals surface area contributed by atoms with Gasteiger partial charge in [0, 0.05) is 19.2 Å². The lowest BCUT2D eigenvalue weighted by Crippen LogP contribution is -2.37. The predicted molar refractivity (Wildman–Crippen MR) is 93.2 cm³/mol. The van der Waals surface area contributed by atoms with Crippen LogP contribution in [0.2, 0.25) is 0 Å². The number of anilines is 1. The van der Waals surface area contributed by atoms with Crippen LogP contribution in [0.1, 0.15) is 44.6 Å². The minimum absolute atomic E-state index is 0.0551. The molecule has 1 aromatic carbocycles. The Hall–Kier alpha value is -2.10. The molecule has 0 aliphatic heterocycles. The molecule has 4 heteroatoms. The summed E-state index contributed by atoms with van der Waals surface area (Å²) in [7, 11) is 0. The molecule has 0 saturated heterocycles. The average molecular weight is 314 g/mol. The van der Waals surface area contributed by atoms with E-state index in [-0.39, 0.29) is 18.4 Å². The Balaban J connectivity index is 1.85. The standard InChI is InChI=1S/C19H26N2O2/c1-15-8-10-18(11-9-15)20-19(23)14-21(16(2)22)13-12-17-6-4-3-5-7-17/h6,8-11H,3-5,7,12-14H2,1-2H3,(H,20,23). The Morgan fingerprint density at radius 2 is 1.91 bits per heavy atom. The number of rotatable bonds is 6. The number of hydrogen-bond acceptors (Lipinski definition) is 2. The number of carbonyl (C=O) groups is 2. The van der Waals surface area contributed by atoms with Gasteiger partial charge in [0.2, 0.25) is 11.8 Å². The second-order valence-corrected chi connectivity index (χ2v) is 6.21. The van der Waals surface area contributed by atoms with E-state index in [1.807, 2.05) is 31.2 Å². The number of benzene rings is 1. The average Bonchev–Trinajstić information content (AvgIpc) is 2.54. The maximum Gasteiger partial charge on any atom is 0.243 e. The summed E-state index contributed by atoms with van der Waals surface area (Å²) in [5, 5.41) is 2.84. The predicted octanol–water partition coefficient (Wildman–Crippen LogP) is 3.67. The van der Waals surface area contributed by atoms with Crippen molar-refractivity contribution in [2.24, 2.45) is 0 Å². The van der Waals surface area contributed by atoms with Gasteiger partial charge in [-0.05, 0) is 51.2 Å². The summed E-state index contributed by atoms with van der Waals surface area (Å²) in [5.41, 5.74) is 3.33. The van der Waals surface area contributed by atoms with Crippen LogP contribution in [0.3, 0.4) is 0 Å². The number of allylic oxidation sites excluding steroid dienone is 1. The molecular weight excluding hydrogens is 288 g/mol. The minimum Gasteiger partial charge on any atom is -0.333 e. The number of amides is 2. The lowest BCUT2D eigenvalue weighted by Gasteiger charge is -2.22. The van der Waals surface area contributed by atoms with Crippen LogP contribution in [-0.4, -0.2) is 29.8 Å². The van der Waals surface area contributed by atoms with E-state index in [1.165, 1.54) is 25.3 Å². The van der Waals surface area contributed by atoms with Gasteiger partial charge < -0.3 is 10.2 Å². The highest BCUT2D eigenvalue weighted by Gasteiger charge is 2.15. The van der Waals surface area contributed by atoms with Gasteiger partial charge in [0.25, 0.3) is 0 Å². The Morgan fingerprint density at radius 3 is 2.52 bits per heavy atom. The summed E-state index contributed by atoms with van der Waals surface area (Å²) < 4.78 is 0. The molecule has 1 N–H and O–H groups in total. The molecular formula is C19H26N2O2. The summed E-state index contributed by atoms with van der Waals surface area (Å²) in [6.45, 7) is 4.25. The van der Waals surface area contributed by atoms with E-state index in [1.54, 1.807) is 4.90 Å².